The van der Waals surface area contributed by atoms with E-state index in [1.54, 1.807) is 24.3 Å². The van der Waals surface area contributed by atoms with Gasteiger partial charge in [-0.2, -0.15) is 0 Å². The number of rotatable bonds is 3. The van der Waals surface area contributed by atoms with Crippen LogP contribution in [0.5, 0.6) is 0 Å². The molecule has 2 nitrogen and oxygen atoms in total. The second-order valence-electron chi connectivity index (χ2n) is 2.61. The first-order valence-electron chi connectivity index (χ1n) is 3.91. The minimum absolute atomic E-state index is 0.369. The van der Waals surface area contributed by atoms with Crippen molar-refractivity contribution in [3.8, 4) is 0 Å². The van der Waals surface area contributed by atoms with Crippen molar-refractivity contribution in [3.63, 3.8) is 0 Å². The molecule has 5 heteroatoms. The Balaban J connectivity index is 2.57. The van der Waals surface area contributed by atoms with Crippen molar-refractivity contribution in [2.24, 2.45) is 0 Å². The Kier molecular flexibility index (Phi) is 4.00. The SMILES string of the molecule is O=C(NCC(F)F)c1ccc(Br)cc1. The molecule has 14 heavy (non-hydrogen) atoms. The lowest BCUT2D eigenvalue weighted by Crippen LogP contribution is -2.28. The fraction of sp³-hybridized carbons (Fsp3) is 0.222. The fourth-order valence-electron chi connectivity index (χ4n) is 0.873. The van der Waals surface area contributed by atoms with Crippen LogP contribution in [0, 0.1) is 0 Å². The van der Waals surface area contributed by atoms with Crippen LogP contribution in [0.4, 0.5) is 8.78 Å². The van der Waals surface area contributed by atoms with Gasteiger partial charge >= 0.3 is 0 Å². The van der Waals surface area contributed by atoms with Gasteiger partial charge in [0.05, 0.1) is 6.54 Å². The standard InChI is InChI=1S/C9H8BrF2NO/c10-7-3-1-6(2-4-7)9(14)13-5-8(11)12/h1-4,8H,5H2,(H,13,14). The zero-order valence-electron chi connectivity index (χ0n) is 7.14. The van der Waals surface area contributed by atoms with E-state index in [-0.39, 0.29) is 0 Å². The molecule has 0 spiro atoms. The molecule has 0 aliphatic rings. The number of nitrogens with one attached hydrogen (secondary N) is 1. The van der Waals surface area contributed by atoms with Crippen LogP contribution in [0.15, 0.2) is 28.7 Å². The van der Waals surface area contributed by atoms with Crippen LogP contribution in [0.25, 0.3) is 0 Å². The molecular weight excluding hydrogens is 256 g/mol. The van der Waals surface area contributed by atoms with Crippen LogP contribution < -0.4 is 5.32 Å². The summed E-state index contributed by atoms with van der Waals surface area (Å²) in [5, 5.41) is 2.11. The third-order valence-electron chi connectivity index (χ3n) is 1.52. The number of carbonyl (C=O) groups is 1. The minimum atomic E-state index is -2.52. The number of benzene rings is 1. The van der Waals surface area contributed by atoms with E-state index in [1.807, 2.05) is 0 Å². The van der Waals surface area contributed by atoms with E-state index < -0.39 is 18.9 Å². The lowest BCUT2D eigenvalue weighted by molar-refractivity contribution is 0.0891. The number of halogens is 3. The molecule has 0 heterocycles. The third-order valence-corrected chi connectivity index (χ3v) is 2.05. The summed E-state index contributed by atoms with van der Waals surface area (Å²) < 4.78 is 24.3. The molecule has 0 aromatic heterocycles. The zero-order chi connectivity index (χ0) is 10.6. The van der Waals surface area contributed by atoms with Crippen molar-refractivity contribution in [3.05, 3.63) is 34.3 Å². The summed E-state index contributed by atoms with van der Waals surface area (Å²) >= 11 is 3.21. The van der Waals surface area contributed by atoms with E-state index in [0.717, 1.165) is 4.47 Å². The molecule has 1 aromatic rings. The number of hydrogen-bond acceptors (Lipinski definition) is 1. The Morgan fingerprint density at radius 3 is 2.43 bits per heavy atom. The van der Waals surface area contributed by atoms with Gasteiger partial charge in [0.1, 0.15) is 0 Å². The summed E-state index contributed by atoms with van der Waals surface area (Å²) in [6.07, 6.45) is -2.52. The predicted octanol–water partition coefficient (Wildman–Crippen LogP) is 2.44. The van der Waals surface area contributed by atoms with Crippen LogP contribution in [0.2, 0.25) is 0 Å². The topological polar surface area (TPSA) is 29.1 Å². The molecule has 1 amide bonds. The van der Waals surface area contributed by atoms with Crippen molar-refractivity contribution in [2.75, 3.05) is 6.54 Å². The molecule has 0 radical (unpaired) electrons. The monoisotopic (exact) mass is 263 g/mol. The molecule has 0 fully saturated rings. The van der Waals surface area contributed by atoms with Crippen molar-refractivity contribution >= 4 is 21.8 Å². The molecule has 0 aliphatic carbocycles. The quantitative estimate of drug-likeness (QED) is 0.892. The van der Waals surface area contributed by atoms with Crippen LogP contribution >= 0.6 is 15.9 Å². The van der Waals surface area contributed by atoms with Gasteiger partial charge < -0.3 is 5.32 Å². The number of hydrogen-bond donors (Lipinski definition) is 1. The highest BCUT2D eigenvalue weighted by Crippen LogP contribution is 2.10. The molecule has 0 aliphatic heterocycles. The first-order valence-corrected chi connectivity index (χ1v) is 4.71. The van der Waals surface area contributed by atoms with Gasteiger partial charge in [-0.15, -0.1) is 0 Å². The summed E-state index contributed by atoms with van der Waals surface area (Å²) in [6.45, 7) is -0.616. The molecule has 0 bridgehead atoms. The van der Waals surface area contributed by atoms with Gasteiger partial charge in [-0.05, 0) is 24.3 Å². The van der Waals surface area contributed by atoms with Gasteiger partial charge in [0, 0.05) is 10.0 Å². The van der Waals surface area contributed by atoms with E-state index in [0.29, 0.717) is 5.56 Å². The summed E-state index contributed by atoms with van der Waals surface area (Å²) in [4.78, 5) is 11.2. The average molecular weight is 264 g/mol. The van der Waals surface area contributed by atoms with Crippen molar-refractivity contribution in [2.45, 2.75) is 6.43 Å². The summed E-state index contributed by atoms with van der Waals surface area (Å²) in [6, 6.07) is 6.48. The van der Waals surface area contributed by atoms with Gasteiger partial charge in [-0.25, -0.2) is 8.78 Å². The minimum Gasteiger partial charge on any atom is -0.346 e. The van der Waals surface area contributed by atoms with Crippen molar-refractivity contribution < 1.29 is 13.6 Å². The molecule has 1 aromatic carbocycles. The first-order chi connectivity index (χ1) is 6.59. The van der Waals surface area contributed by atoms with Crippen molar-refractivity contribution in [1.29, 1.82) is 0 Å². The smallest absolute Gasteiger partial charge is 0.255 e. The molecule has 0 unspecified atom stereocenters. The molecular formula is C9H8BrF2NO. The normalized spacial score (nSPS) is 10.3. The fourth-order valence-corrected chi connectivity index (χ4v) is 1.14. The lowest BCUT2D eigenvalue weighted by Gasteiger charge is -2.03. The number of carbonyl (C=O) groups excluding carboxylic acids is 1. The Bertz CT molecular complexity index is 313. The summed E-state index contributed by atoms with van der Waals surface area (Å²) in [5.41, 5.74) is 0.369. The average Bonchev–Trinajstić information content (AvgIpc) is 2.15. The molecule has 76 valence electrons. The molecule has 0 saturated heterocycles. The highest BCUT2D eigenvalue weighted by atomic mass is 79.9. The maximum absolute atomic E-state index is 11.8. The van der Waals surface area contributed by atoms with E-state index >= 15 is 0 Å². The third kappa shape index (κ3) is 3.41. The van der Waals surface area contributed by atoms with E-state index in [2.05, 4.69) is 21.2 Å². The van der Waals surface area contributed by atoms with Gasteiger partial charge in [0.2, 0.25) is 0 Å². The number of amides is 1. The predicted molar refractivity (Wildman–Crippen MR) is 52.5 cm³/mol. The first kappa shape index (κ1) is 11.1. The van der Waals surface area contributed by atoms with Crippen molar-refractivity contribution in [1.82, 2.24) is 5.32 Å². The van der Waals surface area contributed by atoms with Crippen LogP contribution in [-0.2, 0) is 0 Å². The van der Waals surface area contributed by atoms with Gasteiger partial charge in [0.15, 0.2) is 0 Å². The summed E-state index contributed by atoms with van der Waals surface area (Å²) in [7, 11) is 0. The van der Waals surface area contributed by atoms with E-state index in [9.17, 15) is 13.6 Å². The second-order valence-corrected chi connectivity index (χ2v) is 3.52. The van der Waals surface area contributed by atoms with Gasteiger partial charge in [-0.3, -0.25) is 4.79 Å². The second kappa shape index (κ2) is 5.05. The zero-order valence-corrected chi connectivity index (χ0v) is 8.72. The van der Waals surface area contributed by atoms with Gasteiger partial charge in [0.25, 0.3) is 12.3 Å². The van der Waals surface area contributed by atoms with Crippen LogP contribution in [-0.4, -0.2) is 18.9 Å². The van der Waals surface area contributed by atoms with Crippen LogP contribution in [0.1, 0.15) is 10.4 Å². The molecule has 1 N–H and O–H groups in total. The Morgan fingerprint density at radius 1 is 1.36 bits per heavy atom. The van der Waals surface area contributed by atoms with E-state index in [4.69, 9.17) is 0 Å². The van der Waals surface area contributed by atoms with E-state index in [1.165, 1.54) is 0 Å². The molecule has 0 saturated carbocycles. The maximum atomic E-state index is 11.8. The molecule has 0 atom stereocenters. The largest absolute Gasteiger partial charge is 0.346 e. The Labute approximate surface area is 88.4 Å². The Morgan fingerprint density at radius 2 is 1.93 bits per heavy atom. The van der Waals surface area contributed by atoms with Gasteiger partial charge in [-0.1, -0.05) is 15.9 Å². The highest BCUT2D eigenvalue weighted by molar-refractivity contribution is 9.10. The Hall–Kier alpha value is -0.970. The van der Waals surface area contributed by atoms with Crippen LogP contribution in [0.3, 0.4) is 0 Å². The maximum Gasteiger partial charge on any atom is 0.255 e. The summed E-state index contributed by atoms with van der Waals surface area (Å²) in [5.74, 6) is -0.488. The lowest BCUT2D eigenvalue weighted by atomic mass is 10.2. The molecule has 1 rings (SSSR count). The number of alkyl halides is 2. The highest BCUT2D eigenvalue weighted by Gasteiger charge is 2.07.